The fraction of sp³-hybridized carbons (Fsp3) is 0.357. The summed E-state index contributed by atoms with van der Waals surface area (Å²) in [4.78, 5) is 13.4. The Morgan fingerprint density at radius 3 is 2.67 bits per heavy atom. The van der Waals surface area contributed by atoms with E-state index in [1.54, 1.807) is 23.1 Å². The van der Waals surface area contributed by atoms with E-state index in [0.717, 1.165) is 0 Å². The van der Waals surface area contributed by atoms with Crippen molar-refractivity contribution < 1.29 is 13.6 Å². The Bertz CT molecular complexity index is 611. The Morgan fingerprint density at radius 1 is 1.29 bits per heavy atom. The minimum atomic E-state index is -0.431. The molecule has 0 bridgehead atoms. The number of hydrogen-bond donors (Lipinski definition) is 1. The van der Waals surface area contributed by atoms with Gasteiger partial charge in [-0.05, 0) is 26.0 Å². The number of benzene rings is 1. The molecule has 6 nitrogen and oxygen atoms in total. The minimum absolute atomic E-state index is 0.0974. The van der Waals surface area contributed by atoms with E-state index in [1.807, 2.05) is 13.8 Å². The average molecular weight is 292 g/mol. The van der Waals surface area contributed by atoms with Crippen molar-refractivity contribution >= 4 is 6.03 Å². The van der Waals surface area contributed by atoms with E-state index >= 15 is 0 Å². The van der Waals surface area contributed by atoms with Gasteiger partial charge in [0.15, 0.2) is 0 Å². The molecule has 7 heteroatoms. The quantitative estimate of drug-likeness (QED) is 0.918. The Labute approximate surface area is 122 Å². The smallest absolute Gasteiger partial charge is 0.317 e. The summed E-state index contributed by atoms with van der Waals surface area (Å²) in [5.74, 6) is -0.103. The van der Waals surface area contributed by atoms with E-state index in [-0.39, 0.29) is 29.9 Å². The molecule has 0 saturated carbocycles. The van der Waals surface area contributed by atoms with Crippen LogP contribution in [0.15, 0.2) is 28.7 Å². The van der Waals surface area contributed by atoms with E-state index in [4.69, 9.17) is 4.42 Å². The van der Waals surface area contributed by atoms with E-state index in [9.17, 15) is 9.18 Å². The van der Waals surface area contributed by atoms with Crippen LogP contribution >= 0.6 is 0 Å². The third kappa shape index (κ3) is 3.56. The fourth-order valence-electron chi connectivity index (χ4n) is 1.84. The van der Waals surface area contributed by atoms with Crippen LogP contribution < -0.4 is 5.32 Å². The topological polar surface area (TPSA) is 71.3 Å². The summed E-state index contributed by atoms with van der Waals surface area (Å²) >= 11 is 0. The van der Waals surface area contributed by atoms with E-state index < -0.39 is 5.82 Å². The third-order valence-electron chi connectivity index (χ3n) is 3.01. The summed E-state index contributed by atoms with van der Waals surface area (Å²) in [7, 11) is 0. The monoisotopic (exact) mass is 292 g/mol. The molecule has 0 atom stereocenters. The van der Waals surface area contributed by atoms with Gasteiger partial charge in [-0.1, -0.05) is 12.1 Å². The Morgan fingerprint density at radius 2 is 2.00 bits per heavy atom. The first kappa shape index (κ1) is 15.0. The van der Waals surface area contributed by atoms with Crippen LogP contribution in [0.1, 0.15) is 19.7 Å². The first-order valence-corrected chi connectivity index (χ1v) is 6.75. The molecule has 0 aliphatic heterocycles. The van der Waals surface area contributed by atoms with Crippen LogP contribution in [0.2, 0.25) is 0 Å². The molecule has 112 valence electrons. The lowest BCUT2D eigenvalue weighted by Crippen LogP contribution is -2.39. The largest absolute Gasteiger partial charge is 0.419 e. The van der Waals surface area contributed by atoms with Gasteiger partial charge in [-0.25, -0.2) is 9.18 Å². The van der Waals surface area contributed by atoms with Crippen molar-refractivity contribution in [1.82, 2.24) is 20.4 Å². The van der Waals surface area contributed by atoms with Crippen LogP contribution in [0.3, 0.4) is 0 Å². The van der Waals surface area contributed by atoms with Gasteiger partial charge in [-0.2, -0.15) is 0 Å². The van der Waals surface area contributed by atoms with Crippen molar-refractivity contribution in [3.8, 4) is 11.5 Å². The molecule has 0 unspecified atom stereocenters. The summed E-state index contributed by atoms with van der Waals surface area (Å²) in [6.07, 6.45) is 0. The first-order valence-electron chi connectivity index (χ1n) is 6.75. The molecule has 1 heterocycles. The van der Waals surface area contributed by atoms with Crippen molar-refractivity contribution in [1.29, 1.82) is 0 Å². The lowest BCUT2D eigenvalue weighted by molar-refractivity contribution is 0.201. The van der Waals surface area contributed by atoms with Crippen molar-refractivity contribution in [2.75, 3.05) is 13.1 Å². The van der Waals surface area contributed by atoms with Crippen LogP contribution in [-0.2, 0) is 6.54 Å². The second-order valence-electron chi connectivity index (χ2n) is 4.31. The van der Waals surface area contributed by atoms with Crippen LogP contribution in [0, 0.1) is 5.82 Å². The zero-order valence-electron chi connectivity index (χ0n) is 12.0. The highest BCUT2D eigenvalue weighted by molar-refractivity contribution is 5.73. The minimum Gasteiger partial charge on any atom is -0.419 e. The number of carbonyl (C=O) groups excluding carboxylic acids is 1. The molecule has 2 amide bonds. The zero-order valence-corrected chi connectivity index (χ0v) is 12.0. The van der Waals surface area contributed by atoms with Gasteiger partial charge in [0, 0.05) is 13.1 Å². The molecule has 0 spiro atoms. The molecule has 1 N–H and O–H groups in total. The summed E-state index contributed by atoms with van der Waals surface area (Å²) < 4.78 is 18.9. The molecule has 1 aromatic heterocycles. The molecule has 0 radical (unpaired) electrons. The summed E-state index contributed by atoms with van der Waals surface area (Å²) in [6.45, 7) is 5.13. The van der Waals surface area contributed by atoms with Crippen molar-refractivity contribution in [2.45, 2.75) is 20.4 Å². The molecule has 0 aliphatic carbocycles. The number of hydrogen-bond acceptors (Lipinski definition) is 4. The molecule has 0 fully saturated rings. The van der Waals surface area contributed by atoms with Gasteiger partial charge >= 0.3 is 6.03 Å². The fourth-order valence-corrected chi connectivity index (χ4v) is 1.84. The number of amides is 2. The maximum absolute atomic E-state index is 13.6. The van der Waals surface area contributed by atoms with E-state index in [0.29, 0.717) is 13.1 Å². The van der Waals surface area contributed by atoms with Gasteiger partial charge in [-0.3, -0.25) is 0 Å². The van der Waals surface area contributed by atoms with Gasteiger partial charge < -0.3 is 14.6 Å². The number of nitrogens with zero attached hydrogens (tertiary/aromatic N) is 3. The summed E-state index contributed by atoms with van der Waals surface area (Å²) in [5.41, 5.74) is 0.242. The van der Waals surface area contributed by atoms with Gasteiger partial charge in [0.25, 0.3) is 5.89 Å². The number of urea groups is 1. The Hall–Kier alpha value is -2.44. The standard InChI is InChI=1S/C14H17FN4O2/c1-3-19(4-2)14(20)16-9-12-17-18-13(21-12)10-7-5-6-8-11(10)15/h5-8H,3-4,9H2,1-2H3,(H,16,20). The molecule has 1 aromatic carbocycles. The molecular formula is C14H17FN4O2. The average Bonchev–Trinajstić information content (AvgIpc) is 2.95. The third-order valence-corrected chi connectivity index (χ3v) is 3.01. The normalized spacial score (nSPS) is 10.4. The van der Waals surface area contributed by atoms with Crippen LogP contribution in [0.25, 0.3) is 11.5 Å². The van der Waals surface area contributed by atoms with E-state index in [2.05, 4.69) is 15.5 Å². The molecule has 0 aliphatic rings. The molecule has 2 aromatic rings. The molecule has 2 rings (SSSR count). The Balaban J connectivity index is 2.01. The second kappa shape index (κ2) is 6.83. The van der Waals surface area contributed by atoms with E-state index in [1.165, 1.54) is 6.07 Å². The maximum Gasteiger partial charge on any atom is 0.317 e. The summed E-state index contributed by atoms with van der Waals surface area (Å²) in [5, 5.41) is 10.3. The molecule has 0 saturated heterocycles. The molecule has 21 heavy (non-hydrogen) atoms. The second-order valence-corrected chi connectivity index (χ2v) is 4.31. The van der Waals surface area contributed by atoms with Crippen LogP contribution in [0.4, 0.5) is 9.18 Å². The first-order chi connectivity index (χ1) is 10.2. The van der Waals surface area contributed by atoms with Crippen molar-refractivity contribution in [3.05, 3.63) is 36.0 Å². The maximum atomic E-state index is 13.6. The number of aromatic nitrogens is 2. The molecular weight excluding hydrogens is 275 g/mol. The number of halogens is 1. The number of nitrogens with one attached hydrogen (secondary N) is 1. The SMILES string of the molecule is CCN(CC)C(=O)NCc1nnc(-c2ccccc2F)o1. The highest BCUT2D eigenvalue weighted by atomic mass is 19.1. The number of rotatable bonds is 5. The highest BCUT2D eigenvalue weighted by Gasteiger charge is 2.14. The number of carbonyl (C=O) groups is 1. The van der Waals surface area contributed by atoms with Crippen molar-refractivity contribution in [2.24, 2.45) is 0 Å². The Kier molecular flexibility index (Phi) is 4.86. The van der Waals surface area contributed by atoms with Crippen LogP contribution in [0.5, 0.6) is 0 Å². The lowest BCUT2D eigenvalue weighted by atomic mass is 10.2. The van der Waals surface area contributed by atoms with Gasteiger partial charge in [0.05, 0.1) is 12.1 Å². The van der Waals surface area contributed by atoms with Gasteiger partial charge in [0.1, 0.15) is 5.82 Å². The van der Waals surface area contributed by atoms with Gasteiger partial charge in [0.2, 0.25) is 5.89 Å². The lowest BCUT2D eigenvalue weighted by Gasteiger charge is -2.18. The van der Waals surface area contributed by atoms with Crippen molar-refractivity contribution in [3.63, 3.8) is 0 Å². The highest BCUT2D eigenvalue weighted by Crippen LogP contribution is 2.20. The zero-order chi connectivity index (χ0) is 15.2. The van der Waals surface area contributed by atoms with Crippen LogP contribution in [-0.4, -0.2) is 34.2 Å². The summed E-state index contributed by atoms with van der Waals surface area (Å²) in [6, 6.07) is 5.94. The predicted octanol–water partition coefficient (Wildman–Crippen LogP) is 2.43. The predicted molar refractivity (Wildman–Crippen MR) is 74.8 cm³/mol. The van der Waals surface area contributed by atoms with Gasteiger partial charge in [-0.15, -0.1) is 10.2 Å².